The average molecular weight is 207 g/mol. The van der Waals surface area contributed by atoms with Crippen LogP contribution in [-0.2, 0) is 0 Å². The number of thiol groups is 1. The molecule has 0 aromatic rings. The van der Waals surface area contributed by atoms with Gasteiger partial charge >= 0.3 is 6.09 Å². The molecule has 0 fully saturated rings. The Labute approximate surface area is 84.0 Å². The zero-order valence-electron chi connectivity index (χ0n) is 8.19. The topological polar surface area (TPSA) is 60.8 Å². The van der Waals surface area contributed by atoms with Gasteiger partial charge in [-0.25, -0.2) is 4.79 Å². The van der Waals surface area contributed by atoms with Crippen LogP contribution < -0.4 is 0 Å². The summed E-state index contributed by atoms with van der Waals surface area (Å²) in [4.78, 5) is 12.1. The highest BCUT2D eigenvalue weighted by Crippen LogP contribution is 2.17. The maximum absolute atomic E-state index is 10.9. The SMILES string of the molecule is CC(C)(C)N(C(=O)O)[C@@H](CO)CS. The summed E-state index contributed by atoms with van der Waals surface area (Å²) in [7, 11) is 0. The molecule has 0 saturated heterocycles. The predicted molar refractivity (Wildman–Crippen MR) is 54.3 cm³/mol. The molecule has 0 spiro atoms. The van der Waals surface area contributed by atoms with Crippen LogP contribution in [0.5, 0.6) is 0 Å². The molecule has 0 heterocycles. The first-order valence-corrected chi connectivity index (χ1v) is 4.71. The van der Waals surface area contributed by atoms with E-state index in [-0.39, 0.29) is 6.61 Å². The Morgan fingerprint density at radius 2 is 2.00 bits per heavy atom. The third-order valence-corrected chi connectivity index (χ3v) is 2.14. The van der Waals surface area contributed by atoms with Crippen LogP contribution in [0.4, 0.5) is 4.79 Å². The van der Waals surface area contributed by atoms with Crippen molar-refractivity contribution in [3.63, 3.8) is 0 Å². The Morgan fingerprint density at radius 3 is 2.08 bits per heavy atom. The van der Waals surface area contributed by atoms with Crippen molar-refractivity contribution in [2.45, 2.75) is 32.4 Å². The molecule has 0 aliphatic rings. The Hall–Kier alpha value is -0.420. The van der Waals surface area contributed by atoms with Gasteiger partial charge in [-0.1, -0.05) is 0 Å². The van der Waals surface area contributed by atoms with Gasteiger partial charge in [-0.3, -0.25) is 4.90 Å². The summed E-state index contributed by atoms with van der Waals surface area (Å²) in [6.07, 6.45) is -1.03. The van der Waals surface area contributed by atoms with E-state index in [1.165, 1.54) is 4.90 Å². The Morgan fingerprint density at radius 1 is 1.54 bits per heavy atom. The van der Waals surface area contributed by atoms with Crippen molar-refractivity contribution in [1.82, 2.24) is 4.90 Å². The van der Waals surface area contributed by atoms with Gasteiger partial charge in [0.05, 0.1) is 12.6 Å². The Balaban J connectivity index is 4.69. The van der Waals surface area contributed by atoms with Crippen LogP contribution in [-0.4, -0.2) is 45.1 Å². The third kappa shape index (κ3) is 3.44. The summed E-state index contributed by atoms with van der Waals surface area (Å²) in [5.41, 5.74) is -0.512. The van der Waals surface area contributed by atoms with E-state index in [4.69, 9.17) is 10.2 Å². The lowest BCUT2D eigenvalue weighted by atomic mass is 10.0. The molecule has 1 amide bonds. The molecule has 0 aromatic heterocycles. The van der Waals surface area contributed by atoms with Crippen LogP contribution in [0.2, 0.25) is 0 Å². The number of carboxylic acid groups (broad SMARTS) is 1. The van der Waals surface area contributed by atoms with Crippen molar-refractivity contribution in [2.24, 2.45) is 0 Å². The van der Waals surface area contributed by atoms with Crippen molar-refractivity contribution in [2.75, 3.05) is 12.4 Å². The van der Waals surface area contributed by atoms with Crippen molar-refractivity contribution in [1.29, 1.82) is 0 Å². The second-order valence-corrected chi connectivity index (χ2v) is 4.21. The number of rotatable bonds is 3. The number of hydrogen-bond donors (Lipinski definition) is 3. The molecule has 5 heteroatoms. The van der Waals surface area contributed by atoms with E-state index in [0.29, 0.717) is 5.75 Å². The van der Waals surface area contributed by atoms with E-state index in [0.717, 1.165) is 0 Å². The molecule has 1 atom stereocenters. The first kappa shape index (κ1) is 12.6. The highest BCUT2D eigenvalue weighted by atomic mass is 32.1. The molecule has 0 aromatic carbocycles. The average Bonchev–Trinajstić information content (AvgIpc) is 1.96. The lowest BCUT2D eigenvalue weighted by molar-refractivity contribution is 0.0550. The minimum Gasteiger partial charge on any atom is -0.465 e. The van der Waals surface area contributed by atoms with Crippen LogP contribution in [0.1, 0.15) is 20.8 Å². The second kappa shape index (κ2) is 4.72. The smallest absolute Gasteiger partial charge is 0.408 e. The number of aliphatic hydroxyl groups excluding tert-OH is 1. The van der Waals surface area contributed by atoms with Crippen LogP contribution in [0.25, 0.3) is 0 Å². The Kier molecular flexibility index (Phi) is 4.56. The molecule has 13 heavy (non-hydrogen) atoms. The van der Waals surface area contributed by atoms with Gasteiger partial charge in [0, 0.05) is 11.3 Å². The molecule has 0 rings (SSSR count). The lowest BCUT2D eigenvalue weighted by Crippen LogP contribution is -2.53. The molecule has 0 aliphatic heterocycles. The third-order valence-electron chi connectivity index (χ3n) is 1.72. The summed E-state index contributed by atoms with van der Waals surface area (Å²) in [6.45, 7) is 5.15. The van der Waals surface area contributed by atoms with Gasteiger partial charge in [0.25, 0.3) is 0 Å². The van der Waals surface area contributed by atoms with Crippen LogP contribution in [0.3, 0.4) is 0 Å². The van der Waals surface area contributed by atoms with Gasteiger partial charge in [0.15, 0.2) is 0 Å². The number of hydrogen-bond acceptors (Lipinski definition) is 3. The van der Waals surface area contributed by atoms with E-state index in [1.54, 1.807) is 20.8 Å². The minimum atomic E-state index is -1.03. The molecule has 4 nitrogen and oxygen atoms in total. The van der Waals surface area contributed by atoms with E-state index in [2.05, 4.69) is 12.6 Å². The first-order valence-electron chi connectivity index (χ1n) is 4.08. The van der Waals surface area contributed by atoms with E-state index in [1.807, 2.05) is 0 Å². The van der Waals surface area contributed by atoms with Gasteiger partial charge in [0.1, 0.15) is 0 Å². The predicted octanol–water partition coefficient (Wildman–Crippen LogP) is 1.06. The zero-order valence-corrected chi connectivity index (χ0v) is 9.08. The zero-order chi connectivity index (χ0) is 10.6. The minimum absolute atomic E-state index is 0.201. The summed E-state index contributed by atoms with van der Waals surface area (Å²) < 4.78 is 0. The van der Waals surface area contributed by atoms with Gasteiger partial charge in [0.2, 0.25) is 0 Å². The maximum atomic E-state index is 10.9. The fraction of sp³-hybridized carbons (Fsp3) is 0.875. The van der Waals surface area contributed by atoms with Crippen molar-refractivity contribution >= 4 is 18.7 Å². The second-order valence-electron chi connectivity index (χ2n) is 3.84. The molecule has 0 saturated carbocycles. The van der Waals surface area contributed by atoms with Gasteiger partial charge in [-0.15, -0.1) is 0 Å². The van der Waals surface area contributed by atoms with Crippen molar-refractivity contribution in [3.05, 3.63) is 0 Å². The van der Waals surface area contributed by atoms with E-state index >= 15 is 0 Å². The molecule has 0 unspecified atom stereocenters. The quantitative estimate of drug-likeness (QED) is 0.606. The van der Waals surface area contributed by atoms with E-state index in [9.17, 15) is 4.79 Å². The molecule has 78 valence electrons. The summed E-state index contributed by atoms with van der Waals surface area (Å²) >= 11 is 4.00. The van der Waals surface area contributed by atoms with Crippen LogP contribution >= 0.6 is 12.6 Å². The first-order chi connectivity index (χ1) is 5.84. The number of amides is 1. The number of nitrogens with zero attached hydrogens (tertiary/aromatic N) is 1. The molecular weight excluding hydrogens is 190 g/mol. The molecule has 0 aliphatic carbocycles. The monoisotopic (exact) mass is 207 g/mol. The summed E-state index contributed by atoms with van der Waals surface area (Å²) in [6, 6.07) is -0.444. The number of carbonyl (C=O) groups is 1. The molecule has 0 bridgehead atoms. The molecule has 2 N–H and O–H groups in total. The van der Waals surface area contributed by atoms with E-state index < -0.39 is 17.7 Å². The van der Waals surface area contributed by atoms with Crippen LogP contribution in [0, 0.1) is 0 Å². The maximum Gasteiger partial charge on any atom is 0.408 e. The standard InChI is InChI=1S/C8H17NO3S/c1-8(2,3)9(7(11)12)6(4-10)5-13/h6,10,13H,4-5H2,1-3H3,(H,11,12)/t6-/m0/s1. The van der Waals surface area contributed by atoms with Crippen molar-refractivity contribution in [3.8, 4) is 0 Å². The van der Waals surface area contributed by atoms with Gasteiger partial charge in [-0.2, -0.15) is 12.6 Å². The molecular formula is C8H17NO3S. The molecule has 0 radical (unpaired) electrons. The fourth-order valence-corrected chi connectivity index (χ4v) is 1.49. The summed E-state index contributed by atoms with van der Waals surface area (Å²) in [5, 5.41) is 17.9. The largest absolute Gasteiger partial charge is 0.465 e. The number of aliphatic hydroxyl groups is 1. The Bertz CT molecular complexity index is 175. The highest BCUT2D eigenvalue weighted by Gasteiger charge is 2.31. The van der Waals surface area contributed by atoms with Gasteiger partial charge in [-0.05, 0) is 20.8 Å². The fourth-order valence-electron chi connectivity index (χ4n) is 1.21. The summed E-state index contributed by atoms with van der Waals surface area (Å²) in [5.74, 6) is 0.320. The lowest BCUT2D eigenvalue weighted by Gasteiger charge is -2.38. The van der Waals surface area contributed by atoms with Crippen LogP contribution in [0.15, 0.2) is 0 Å². The highest BCUT2D eigenvalue weighted by molar-refractivity contribution is 7.80. The van der Waals surface area contributed by atoms with Gasteiger partial charge < -0.3 is 10.2 Å². The normalized spacial score (nSPS) is 13.9. The van der Waals surface area contributed by atoms with Crippen molar-refractivity contribution < 1.29 is 15.0 Å².